The van der Waals surface area contributed by atoms with Crippen molar-refractivity contribution in [3.8, 4) is 0 Å². The van der Waals surface area contributed by atoms with Crippen LogP contribution in [0, 0.1) is 0 Å². The van der Waals surface area contributed by atoms with Crippen LogP contribution in [0.1, 0.15) is 316 Å². The van der Waals surface area contributed by atoms with E-state index in [1.165, 1.54) is 199 Å². The summed E-state index contributed by atoms with van der Waals surface area (Å²) in [5.41, 5.74) is 0. The van der Waals surface area contributed by atoms with Gasteiger partial charge in [0.15, 0.2) is 6.10 Å². The third kappa shape index (κ3) is 54.4. The first-order valence-corrected chi connectivity index (χ1v) is 29.5. The van der Waals surface area contributed by atoms with Crippen molar-refractivity contribution >= 4 is 17.9 Å². The fourth-order valence-corrected chi connectivity index (χ4v) is 8.69. The van der Waals surface area contributed by atoms with Crippen LogP contribution in [-0.4, -0.2) is 37.2 Å². The van der Waals surface area contributed by atoms with Crippen LogP contribution in [0.15, 0.2) is 36.5 Å². The third-order valence-electron chi connectivity index (χ3n) is 13.1. The quantitative estimate of drug-likeness (QED) is 0.0262. The predicted octanol–water partition coefficient (Wildman–Crippen LogP) is 19.7. The molecule has 0 spiro atoms. The van der Waals surface area contributed by atoms with Crippen molar-refractivity contribution in [3.63, 3.8) is 0 Å². The van der Waals surface area contributed by atoms with E-state index < -0.39 is 6.10 Å². The van der Waals surface area contributed by atoms with E-state index in [1.54, 1.807) is 0 Å². The zero-order valence-electron chi connectivity index (χ0n) is 44.9. The Morgan fingerprint density at radius 2 is 0.537 bits per heavy atom. The average molecular weight is 942 g/mol. The number of hydrogen-bond acceptors (Lipinski definition) is 6. The van der Waals surface area contributed by atoms with E-state index in [0.29, 0.717) is 19.3 Å². The molecule has 0 aliphatic carbocycles. The molecule has 0 radical (unpaired) electrons. The number of hydrogen-bond donors (Lipinski definition) is 0. The van der Waals surface area contributed by atoms with Gasteiger partial charge in [0.25, 0.3) is 0 Å². The normalized spacial score (nSPS) is 12.2. The molecule has 0 heterocycles. The minimum atomic E-state index is -0.773. The van der Waals surface area contributed by atoms with Crippen LogP contribution in [0.25, 0.3) is 0 Å². The monoisotopic (exact) mass is 941 g/mol. The second kappa shape index (κ2) is 56.2. The van der Waals surface area contributed by atoms with Crippen LogP contribution >= 0.6 is 0 Å². The molecule has 0 aliphatic heterocycles. The lowest BCUT2D eigenvalue weighted by atomic mass is 10.0. The van der Waals surface area contributed by atoms with E-state index in [1.807, 2.05) is 0 Å². The molecule has 0 aliphatic rings. The zero-order valence-corrected chi connectivity index (χ0v) is 44.9. The highest BCUT2D eigenvalue weighted by molar-refractivity contribution is 5.71. The summed E-state index contributed by atoms with van der Waals surface area (Å²) >= 11 is 0. The molecule has 0 bridgehead atoms. The molecule has 0 aromatic heterocycles. The van der Waals surface area contributed by atoms with Crippen LogP contribution < -0.4 is 0 Å². The van der Waals surface area contributed by atoms with Crippen LogP contribution in [0.3, 0.4) is 0 Å². The molecule has 6 nitrogen and oxygen atoms in total. The van der Waals surface area contributed by atoms with Crippen LogP contribution in [0.4, 0.5) is 0 Å². The Bertz CT molecular complexity index is 1130. The Morgan fingerprint density at radius 1 is 0.299 bits per heavy atom. The fraction of sp³-hybridized carbons (Fsp3) is 0.852. The number of carbonyl (C=O) groups excluding carboxylic acids is 3. The number of unbranched alkanes of at least 4 members (excludes halogenated alkanes) is 37. The van der Waals surface area contributed by atoms with Gasteiger partial charge in [-0.2, -0.15) is 0 Å². The summed E-state index contributed by atoms with van der Waals surface area (Å²) in [5, 5.41) is 0. The maximum absolute atomic E-state index is 12.9. The molecule has 0 N–H and O–H groups in total. The van der Waals surface area contributed by atoms with Crippen LogP contribution in [-0.2, 0) is 28.6 Å². The molecule has 0 saturated heterocycles. The van der Waals surface area contributed by atoms with Gasteiger partial charge in [-0.05, 0) is 57.8 Å². The summed E-state index contributed by atoms with van der Waals surface area (Å²) in [7, 11) is 0. The molecule has 392 valence electrons. The number of rotatable bonds is 54. The summed E-state index contributed by atoms with van der Waals surface area (Å²) in [5.74, 6) is -0.864. The van der Waals surface area contributed by atoms with Crippen molar-refractivity contribution < 1.29 is 28.6 Å². The highest BCUT2D eigenvalue weighted by Gasteiger charge is 2.19. The first-order valence-electron chi connectivity index (χ1n) is 29.5. The van der Waals surface area contributed by atoms with E-state index >= 15 is 0 Å². The van der Waals surface area contributed by atoms with Gasteiger partial charge in [-0.1, -0.05) is 276 Å². The summed E-state index contributed by atoms with van der Waals surface area (Å²) in [6, 6.07) is 0. The van der Waals surface area contributed by atoms with Crippen molar-refractivity contribution in [2.45, 2.75) is 322 Å². The number of esters is 3. The van der Waals surface area contributed by atoms with E-state index in [0.717, 1.165) is 77.0 Å². The maximum atomic E-state index is 12.9. The van der Waals surface area contributed by atoms with Gasteiger partial charge in [0, 0.05) is 19.3 Å². The highest BCUT2D eigenvalue weighted by atomic mass is 16.6. The molecule has 0 amide bonds. The average Bonchev–Trinajstić information content (AvgIpc) is 3.33. The number of carbonyl (C=O) groups is 3. The van der Waals surface area contributed by atoms with Crippen molar-refractivity contribution in [2.75, 3.05) is 13.2 Å². The maximum Gasteiger partial charge on any atom is 0.306 e. The summed E-state index contributed by atoms with van der Waals surface area (Å²) < 4.78 is 16.9. The lowest BCUT2D eigenvalue weighted by Gasteiger charge is -2.18. The fourth-order valence-electron chi connectivity index (χ4n) is 8.69. The number of ether oxygens (including phenoxy) is 3. The van der Waals surface area contributed by atoms with Crippen LogP contribution in [0.5, 0.6) is 0 Å². The van der Waals surface area contributed by atoms with E-state index in [9.17, 15) is 14.4 Å². The van der Waals surface area contributed by atoms with E-state index in [-0.39, 0.29) is 31.1 Å². The van der Waals surface area contributed by atoms with Gasteiger partial charge in [-0.25, -0.2) is 0 Å². The van der Waals surface area contributed by atoms with E-state index in [4.69, 9.17) is 14.2 Å². The Kier molecular flexibility index (Phi) is 54.2. The van der Waals surface area contributed by atoms with E-state index in [2.05, 4.69) is 57.2 Å². The second-order valence-corrected chi connectivity index (χ2v) is 19.9. The second-order valence-electron chi connectivity index (χ2n) is 19.9. The molecule has 0 aromatic rings. The van der Waals surface area contributed by atoms with Crippen molar-refractivity contribution in [3.05, 3.63) is 36.5 Å². The predicted molar refractivity (Wildman–Crippen MR) is 289 cm³/mol. The Balaban J connectivity index is 4.34. The summed E-state index contributed by atoms with van der Waals surface area (Å²) in [6.07, 6.45) is 67.0. The molecule has 6 heteroatoms. The van der Waals surface area contributed by atoms with Gasteiger partial charge in [-0.15, -0.1) is 0 Å². The van der Waals surface area contributed by atoms with Gasteiger partial charge >= 0.3 is 17.9 Å². The largest absolute Gasteiger partial charge is 0.462 e. The molecule has 1 atom stereocenters. The van der Waals surface area contributed by atoms with Gasteiger partial charge in [0.05, 0.1) is 0 Å². The molecule has 0 rings (SSSR count). The molecular weight excluding hydrogens is 829 g/mol. The van der Waals surface area contributed by atoms with Crippen LogP contribution in [0.2, 0.25) is 0 Å². The van der Waals surface area contributed by atoms with Gasteiger partial charge in [0.2, 0.25) is 0 Å². The Labute approximate surface area is 416 Å². The third-order valence-corrected chi connectivity index (χ3v) is 13.1. The highest BCUT2D eigenvalue weighted by Crippen LogP contribution is 2.17. The smallest absolute Gasteiger partial charge is 0.306 e. The minimum absolute atomic E-state index is 0.0713. The van der Waals surface area contributed by atoms with Gasteiger partial charge in [0.1, 0.15) is 13.2 Å². The zero-order chi connectivity index (χ0) is 48.6. The van der Waals surface area contributed by atoms with Crippen molar-refractivity contribution in [1.29, 1.82) is 0 Å². The first kappa shape index (κ1) is 64.6. The Hall–Kier alpha value is -2.37. The summed E-state index contributed by atoms with van der Waals surface area (Å²) in [6.45, 7) is 6.65. The van der Waals surface area contributed by atoms with Gasteiger partial charge in [-0.3, -0.25) is 14.4 Å². The standard InChI is InChI=1S/C61H112O6/c1-4-7-10-13-16-19-22-25-27-29-30-32-33-36-39-42-45-48-51-54-60(63)66-57-58(56-65-59(62)53-50-47-44-41-38-35-24-21-18-15-12-9-6-3)67-61(64)55-52-49-46-43-40-37-34-31-28-26-23-20-17-14-11-8-5-2/h16,19,25,27,30,32,58H,4-15,17-18,20-24,26,28-29,31,33-57H2,1-3H3/b19-16-,27-25-,32-30-/t58-/m1/s1. The van der Waals surface area contributed by atoms with Crippen molar-refractivity contribution in [2.24, 2.45) is 0 Å². The van der Waals surface area contributed by atoms with Crippen molar-refractivity contribution in [1.82, 2.24) is 0 Å². The molecule has 0 aromatic carbocycles. The lowest BCUT2D eigenvalue weighted by molar-refractivity contribution is -0.167. The lowest BCUT2D eigenvalue weighted by Crippen LogP contribution is -2.30. The van der Waals surface area contributed by atoms with Gasteiger partial charge < -0.3 is 14.2 Å². The molecule has 0 saturated carbocycles. The minimum Gasteiger partial charge on any atom is -0.462 e. The Morgan fingerprint density at radius 3 is 0.866 bits per heavy atom. The number of allylic oxidation sites excluding steroid dienone is 6. The molecule has 0 fully saturated rings. The molecular formula is C61H112O6. The topological polar surface area (TPSA) is 78.9 Å². The molecule has 67 heavy (non-hydrogen) atoms. The SMILES string of the molecule is CCCCC/C=C\C/C=C\C/C=C\CCCCCCCCC(=O)OC[C@@H](COC(=O)CCCCCCCCCCCCCCC)OC(=O)CCCCCCCCCCCCCCCCCCC. The molecule has 0 unspecified atom stereocenters. The summed E-state index contributed by atoms with van der Waals surface area (Å²) in [4.78, 5) is 38.2. The first-order chi connectivity index (χ1) is 33.0.